The van der Waals surface area contributed by atoms with E-state index in [1.165, 1.54) is 6.07 Å². The second-order valence-corrected chi connectivity index (χ2v) is 5.54. The summed E-state index contributed by atoms with van der Waals surface area (Å²) in [7, 11) is 1.56. The summed E-state index contributed by atoms with van der Waals surface area (Å²) in [6, 6.07) is 8.62. The number of ether oxygens (including phenoxy) is 1. The summed E-state index contributed by atoms with van der Waals surface area (Å²) < 4.78 is 19.3. The number of methoxy groups -OCH3 is 1. The molecule has 0 aliphatic heterocycles. The maximum Gasteiger partial charge on any atom is 0.145 e. The number of rotatable bonds is 4. The lowest BCUT2D eigenvalue weighted by Gasteiger charge is -2.19. The monoisotopic (exact) mass is 308 g/mol. The standard InChI is InChI=1S/C17H18ClFO2/c1-10-7-11(2)16(15(8-10)21-3)14(20)9-12-5-4-6-13(18)17(12)19/h4-8,14,20H,9H2,1-3H3. The molecular weight excluding hydrogens is 291 g/mol. The van der Waals surface area contributed by atoms with Crippen molar-refractivity contribution in [2.24, 2.45) is 0 Å². The van der Waals surface area contributed by atoms with Crippen molar-refractivity contribution in [2.75, 3.05) is 7.11 Å². The summed E-state index contributed by atoms with van der Waals surface area (Å²) in [6.45, 7) is 3.87. The Hall–Kier alpha value is -1.58. The molecule has 2 aromatic rings. The summed E-state index contributed by atoms with van der Waals surface area (Å²) in [4.78, 5) is 0. The predicted octanol–water partition coefficient (Wildman–Crippen LogP) is 4.38. The Labute approximate surface area is 129 Å². The van der Waals surface area contributed by atoms with Gasteiger partial charge in [0.25, 0.3) is 0 Å². The minimum atomic E-state index is -0.853. The van der Waals surface area contributed by atoms with Crippen LogP contribution in [0.4, 0.5) is 4.39 Å². The molecule has 1 N–H and O–H groups in total. The van der Waals surface area contributed by atoms with E-state index in [0.717, 1.165) is 11.1 Å². The predicted molar refractivity (Wildman–Crippen MR) is 82.5 cm³/mol. The molecule has 4 heteroatoms. The van der Waals surface area contributed by atoms with Gasteiger partial charge in [0.2, 0.25) is 0 Å². The van der Waals surface area contributed by atoms with Crippen LogP contribution in [0.5, 0.6) is 5.75 Å². The highest BCUT2D eigenvalue weighted by Gasteiger charge is 2.19. The van der Waals surface area contributed by atoms with Crippen molar-refractivity contribution in [3.05, 3.63) is 63.4 Å². The van der Waals surface area contributed by atoms with Crippen LogP contribution >= 0.6 is 11.6 Å². The van der Waals surface area contributed by atoms with Crippen LogP contribution in [-0.2, 0) is 6.42 Å². The molecule has 0 amide bonds. The number of halogens is 2. The van der Waals surface area contributed by atoms with Crippen molar-refractivity contribution in [3.8, 4) is 5.75 Å². The lowest BCUT2D eigenvalue weighted by molar-refractivity contribution is 0.172. The first kappa shape index (κ1) is 15.8. The van der Waals surface area contributed by atoms with Crippen molar-refractivity contribution in [1.29, 1.82) is 0 Å². The third-order valence-corrected chi connectivity index (χ3v) is 3.78. The SMILES string of the molecule is COc1cc(C)cc(C)c1C(O)Cc1cccc(Cl)c1F. The molecule has 0 aliphatic rings. The minimum absolute atomic E-state index is 0.0623. The first-order valence-corrected chi connectivity index (χ1v) is 7.08. The second kappa shape index (κ2) is 6.46. The topological polar surface area (TPSA) is 29.5 Å². The molecule has 0 heterocycles. The van der Waals surface area contributed by atoms with Crippen LogP contribution in [-0.4, -0.2) is 12.2 Å². The van der Waals surface area contributed by atoms with Gasteiger partial charge in [-0.3, -0.25) is 0 Å². The molecule has 0 radical (unpaired) electrons. The summed E-state index contributed by atoms with van der Waals surface area (Å²) in [5, 5.41) is 10.5. The first-order valence-electron chi connectivity index (χ1n) is 6.70. The first-order chi connectivity index (χ1) is 9.93. The quantitative estimate of drug-likeness (QED) is 0.908. The van der Waals surface area contributed by atoms with Gasteiger partial charge in [-0.1, -0.05) is 29.8 Å². The third-order valence-electron chi connectivity index (χ3n) is 3.49. The van der Waals surface area contributed by atoms with Crippen molar-refractivity contribution in [1.82, 2.24) is 0 Å². The van der Waals surface area contributed by atoms with Gasteiger partial charge in [0.1, 0.15) is 11.6 Å². The highest BCUT2D eigenvalue weighted by molar-refractivity contribution is 6.30. The van der Waals surface area contributed by atoms with E-state index < -0.39 is 11.9 Å². The largest absolute Gasteiger partial charge is 0.496 e. The Morgan fingerprint density at radius 1 is 1.29 bits per heavy atom. The zero-order valence-electron chi connectivity index (χ0n) is 12.3. The molecule has 0 aliphatic carbocycles. The van der Waals surface area contributed by atoms with Gasteiger partial charge in [0.05, 0.1) is 18.2 Å². The number of aliphatic hydroxyl groups excluding tert-OH is 1. The number of hydrogen-bond acceptors (Lipinski definition) is 2. The van der Waals surface area contributed by atoms with Gasteiger partial charge in [-0.25, -0.2) is 4.39 Å². The molecule has 0 bridgehead atoms. The Morgan fingerprint density at radius 3 is 2.67 bits per heavy atom. The molecule has 2 aromatic carbocycles. The molecule has 0 aromatic heterocycles. The van der Waals surface area contributed by atoms with Crippen LogP contribution in [0, 0.1) is 19.7 Å². The van der Waals surface area contributed by atoms with E-state index in [1.54, 1.807) is 19.2 Å². The van der Waals surface area contributed by atoms with Gasteiger partial charge < -0.3 is 9.84 Å². The molecule has 0 saturated carbocycles. The number of benzene rings is 2. The Morgan fingerprint density at radius 2 is 2.00 bits per heavy atom. The molecule has 1 atom stereocenters. The number of hydrogen-bond donors (Lipinski definition) is 1. The van der Waals surface area contributed by atoms with Crippen LogP contribution in [0.25, 0.3) is 0 Å². The van der Waals surface area contributed by atoms with Gasteiger partial charge in [0.15, 0.2) is 0 Å². The maximum atomic E-state index is 14.0. The normalized spacial score (nSPS) is 12.3. The van der Waals surface area contributed by atoms with Crippen LogP contribution in [0.2, 0.25) is 5.02 Å². The molecule has 0 saturated heterocycles. The Balaban J connectivity index is 2.37. The average molecular weight is 309 g/mol. The van der Waals surface area contributed by atoms with Crippen LogP contribution in [0.1, 0.15) is 28.4 Å². The molecule has 2 nitrogen and oxygen atoms in total. The van der Waals surface area contributed by atoms with Crippen molar-refractivity contribution in [3.63, 3.8) is 0 Å². The van der Waals surface area contributed by atoms with Crippen LogP contribution in [0.3, 0.4) is 0 Å². The fourth-order valence-corrected chi connectivity index (χ4v) is 2.75. The maximum absolute atomic E-state index is 14.0. The van der Waals surface area contributed by atoms with Crippen molar-refractivity contribution < 1.29 is 14.2 Å². The minimum Gasteiger partial charge on any atom is -0.496 e. The van der Waals surface area contributed by atoms with E-state index in [2.05, 4.69) is 0 Å². The summed E-state index contributed by atoms with van der Waals surface area (Å²) >= 11 is 5.77. The summed E-state index contributed by atoms with van der Waals surface area (Å²) in [6.07, 6.45) is -0.708. The van der Waals surface area contributed by atoms with Crippen LogP contribution < -0.4 is 4.74 Å². The number of aryl methyl sites for hydroxylation is 2. The summed E-state index contributed by atoms with van der Waals surface area (Å²) in [5.41, 5.74) is 3.04. The fourth-order valence-electron chi connectivity index (χ4n) is 2.55. The fraction of sp³-hybridized carbons (Fsp3) is 0.294. The van der Waals surface area contributed by atoms with Gasteiger partial charge in [-0.15, -0.1) is 0 Å². The van der Waals surface area contributed by atoms with Gasteiger partial charge >= 0.3 is 0 Å². The van der Waals surface area contributed by atoms with Gasteiger partial charge in [-0.2, -0.15) is 0 Å². The van der Waals surface area contributed by atoms with E-state index in [0.29, 0.717) is 16.9 Å². The highest BCUT2D eigenvalue weighted by atomic mass is 35.5. The lowest BCUT2D eigenvalue weighted by atomic mass is 9.95. The Kier molecular flexibility index (Phi) is 4.86. The molecule has 0 fully saturated rings. The Bertz CT molecular complexity index is 655. The van der Waals surface area contributed by atoms with E-state index in [9.17, 15) is 9.50 Å². The molecule has 21 heavy (non-hydrogen) atoms. The van der Waals surface area contributed by atoms with Crippen molar-refractivity contribution >= 4 is 11.6 Å². The van der Waals surface area contributed by atoms with E-state index >= 15 is 0 Å². The van der Waals surface area contributed by atoms with E-state index in [1.807, 2.05) is 26.0 Å². The highest BCUT2D eigenvalue weighted by Crippen LogP contribution is 2.33. The zero-order chi connectivity index (χ0) is 15.6. The van der Waals surface area contributed by atoms with E-state index in [-0.39, 0.29) is 11.4 Å². The molecular formula is C17H18ClFO2. The smallest absolute Gasteiger partial charge is 0.145 e. The third kappa shape index (κ3) is 3.36. The summed E-state index contributed by atoms with van der Waals surface area (Å²) in [5.74, 6) is 0.129. The lowest BCUT2D eigenvalue weighted by Crippen LogP contribution is -2.08. The molecule has 112 valence electrons. The van der Waals surface area contributed by atoms with Crippen LogP contribution in [0.15, 0.2) is 30.3 Å². The number of aliphatic hydroxyl groups is 1. The average Bonchev–Trinajstić information content (AvgIpc) is 2.42. The molecule has 1 unspecified atom stereocenters. The molecule has 2 rings (SSSR count). The van der Waals surface area contributed by atoms with Gasteiger partial charge in [-0.05, 0) is 42.7 Å². The second-order valence-electron chi connectivity index (χ2n) is 5.13. The van der Waals surface area contributed by atoms with Gasteiger partial charge in [0, 0.05) is 12.0 Å². The van der Waals surface area contributed by atoms with Crippen molar-refractivity contribution in [2.45, 2.75) is 26.4 Å². The zero-order valence-corrected chi connectivity index (χ0v) is 13.0. The molecule has 0 spiro atoms. The van der Waals surface area contributed by atoms with E-state index in [4.69, 9.17) is 16.3 Å².